The van der Waals surface area contributed by atoms with Crippen LogP contribution in [0.25, 0.3) is 0 Å². The molecule has 1 aliphatic rings. The van der Waals surface area contributed by atoms with Gasteiger partial charge in [-0.05, 0) is 18.3 Å². The predicted octanol–water partition coefficient (Wildman–Crippen LogP) is 3.57. The summed E-state index contributed by atoms with van der Waals surface area (Å²) in [6.07, 6.45) is 4.54. The van der Waals surface area contributed by atoms with Gasteiger partial charge in [-0.25, -0.2) is 0 Å². The van der Waals surface area contributed by atoms with E-state index in [1.165, 1.54) is 12.8 Å². The molecule has 16 heavy (non-hydrogen) atoms. The van der Waals surface area contributed by atoms with Crippen LogP contribution in [0.3, 0.4) is 0 Å². The molecule has 2 nitrogen and oxygen atoms in total. The van der Waals surface area contributed by atoms with Crippen molar-refractivity contribution in [3.05, 3.63) is 0 Å². The Morgan fingerprint density at radius 2 is 1.81 bits per heavy atom. The number of hydrogen-bond acceptors (Lipinski definition) is 2. The summed E-state index contributed by atoms with van der Waals surface area (Å²) in [7, 11) is -1.17. The van der Waals surface area contributed by atoms with E-state index in [9.17, 15) is 0 Å². The Morgan fingerprint density at radius 1 is 1.19 bits per heavy atom. The molecule has 5 heteroatoms. The van der Waals surface area contributed by atoms with Crippen molar-refractivity contribution in [2.24, 2.45) is 0 Å². The van der Waals surface area contributed by atoms with E-state index in [0.29, 0.717) is 5.44 Å². The Labute approximate surface area is 106 Å². The van der Waals surface area contributed by atoms with Crippen molar-refractivity contribution in [3.63, 3.8) is 0 Å². The standard InChI is InChI=1S/C11H24BClO2Si/c1-16(2,3)11(7-4-5-8-13)12-14-9-6-10-15-12/h11H,4-10H2,1-3H3. The monoisotopic (exact) mass is 262 g/mol. The van der Waals surface area contributed by atoms with E-state index in [2.05, 4.69) is 19.6 Å². The molecule has 1 aliphatic heterocycles. The summed E-state index contributed by atoms with van der Waals surface area (Å²) < 4.78 is 11.6. The van der Waals surface area contributed by atoms with E-state index in [0.717, 1.165) is 31.9 Å². The molecule has 0 aromatic carbocycles. The van der Waals surface area contributed by atoms with Crippen LogP contribution in [0.15, 0.2) is 0 Å². The lowest BCUT2D eigenvalue weighted by Gasteiger charge is -2.34. The number of halogens is 1. The van der Waals surface area contributed by atoms with Crippen molar-refractivity contribution in [2.45, 2.75) is 50.8 Å². The fourth-order valence-corrected chi connectivity index (χ4v) is 4.44. The molecule has 1 heterocycles. The van der Waals surface area contributed by atoms with E-state index >= 15 is 0 Å². The first-order chi connectivity index (χ1) is 7.55. The summed E-state index contributed by atoms with van der Waals surface area (Å²) in [5.41, 5.74) is 0.607. The third-order valence-corrected chi connectivity index (χ3v) is 6.25. The van der Waals surface area contributed by atoms with E-state index in [1.807, 2.05) is 0 Å². The van der Waals surface area contributed by atoms with Gasteiger partial charge in [0.25, 0.3) is 0 Å². The van der Waals surface area contributed by atoms with Gasteiger partial charge in [0, 0.05) is 27.2 Å². The Balaban J connectivity index is 2.48. The van der Waals surface area contributed by atoms with Gasteiger partial charge in [-0.15, -0.1) is 11.6 Å². The topological polar surface area (TPSA) is 18.5 Å². The van der Waals surface area contributed by atoms with Crippen molar-refractivity contribution in [1.82, 2.24) is 0 Å². The largest absolute Gasteiger partial charge is 0.457 e. The highest BCUT2D eigenvalue weighted by molar-refractivity contribution is 6.86. The molecule has 1 fully saturated rings. The van der Waals surface area contributed by atoms with Crippen molar-refractivity contribution in [1.29, 1.82) is 0 Å². The molecule has 0 aromatic heterocycles. The highest BCUT2D eigenvalue weighted by atomic mass is 35.5. The first-order valence-electron chi connectivity index (χ1n) is 6.35. The van der Waals surface area contributed by atoms with Crippen molar-refractivity contribution >= 4 is 26.8 Å². The highest BCUT2D eigenvalue weighted by Crippen LogP contribution is 2.32. The van der Waals surface area contributed by atoms with E-state index in [4.69, 9.17) is 20.9 Å². The summed E-state index contributed by atoms with van der Waals surface area (Å²) in [5.74, 6) is 0.769. The molecule has 0 radical (unpaired) electrons. The van der Waals surface area contributed by atoms with Crippen molar-refractivity contribution < 1.29 is 9.31 Å². The maximum Gasteiger partial charge on any atom is 0.457 e. The minimum Gasteiger partial charge on any atom is -0.411 e. The summed E-state index contributed by atoms with van der Waals surface area (Å²) >= 11 is 5.73. The van der Waals surface area contributed by atoms with Crippen LogP contribution < -0.4 is 0 Å². The lowest BCUT2D eigenvalue weighted by atomic mass is 9.79. The second kappa shape index (κ2) is 7.04. The minimum absolute atomic E-state index is 0.0516. The maximum atomic E-state index is 5.78. The molecule has 94 valence electrons. The van der Waals surface area contributed by atoms with E-state index < -0.39 is 8.07 Å². The van der Waals surface area contributed by atoms with Gasteiger partial charge in [0.15, 0.2) is 0 Å². The van der Waals surface area contributed by atoms with Crippen LogP contribution in [0.2, 0.25) is 25.1 Å². The Hall–Kier alpha value is 0.492. The van der Waals surface area contributed by atoms with Gasteiger partial charge in [-0.3, -0.25) is 0 Å². The van der Waals surface area contributed by atoms with Crippen LogP contribution in [0.1, 0.15) is 25.7 Å². The van der Waals surface area contributed by atoms with Crippen LogP contribution in [0.5, 0.6) is 0 Å². The number of unbranched alkanes of at least 4 members (excludes halogenated alkanes) is 1. The fourth-order valence-electron chi connectivity index (χ4n) is 2.17. The predicted molar refractivity (Wildman–Crippen MR) is 73.9 cm³/mol. The molecule has 1 atom stereocenters. The van der Waals surface area contributed by atoms with Gasteiger partial charge in [-0.2, -0.15) is 0 Å². The molecule has 0 saturated carbocycles. The van der Waals surface area contributed by atoms with Crippen molar-refractivity contribution in [2.75, 3.05) is 19.1 Å². The SMILES string of the molecule is C[Si](C)(C)C(CCCCCl)B1OCCCO1. The molecule has 0 spiro atoms. The fraction of sp³-hybridized carbons (Fsp3) is 1.00. The minimum atomic E-state index is -1.22. The summed E-state index contributed by atoms with van der Waals surface area (Å²) in [6, 6.07) is 0. The molecule has 1 unspecified atom stereocenters. The third kappa shape index (κ3) is 4.78. The maximum absolute atomic E-state index is 5.78. The molecule has 0 aliphatic carbocycles. The molecule has 0 bridgehead atoms. The second-order valence-electron chi connectivity index (χ2n) is 5.62. The zero-order chi connectivity index (χ0) is 12.0. The second-order valence-corrected chi connectivity index (χ2v) is 11.5. The first-order valence-corrected chi connectivity index (χ1v) is 10.5. The van der Waals surface area contributed by atoms with Crippen LogP contribution >= 0.6 is 11.6 Å². The lowest BCUT2D eigenvalue weighted by molar-refractivity contribution is 0.130. The zero-order valence-electron chi connectivity index (χ0n) is 10.8. The third-order valence-electron chi connectivity index (χ3n) is 3.19. The summed E-state index contributed by atoms with van der Waals surface area (Å²) in [4.78, 5) is 0. The molecular formula is C11H24BClO2Si. The normalized spacial score (nSPS) is 19.9. The molecule has 0 amide bonds. The van der Waals surface area contributed by atoms with Gasteiger partial charge in [0.05, 0.1) is 0 Å². The Morgan fingerprint density at radius 3 is 2.31 bits per heavy atom. The van der Waals surface area contributed by atoms with Crippen LogP contribution in [0.4, 0.5) is 0 Å². The molecule has 0 N–H and O–H groups in total. The average Bonchev–Trinajstić information content (AvgIpc) is 2.24. The zero-order valence-corrected chi connectivity index (χ0v) is 12.6. The Kier molecular flexibility index (Phi) is 6.41. The highest BCUT2D eigenvalue weighted by Gasteiger charge is 2.40. The van der Waals surface area contributed by atoms with Crippen LogP contribution in [0, 0.1) is 0 Å². The number of hydrogen-bond donors (Lipinski definition) is 0. The van der Waals surface area contributed by atoms with E-state index in [1.54, 1.807) is 0 Å². The van der Waals surface area contributed by atoms with Gasteiger partial charge in [0.1, 0.15) is 0 Å². The molecule has 1 saturated heterocycles. The molecule has 1 rings (SSSR count). The smallest absolute Gasteiger partial charge is 0.411 e. The summed E-state index contributed by atoms with van der Waals surface area (Å²) in [6.45, 7) is 8.93. The van der Waals surface area contributed by atoms with Gasteiger partial charge in [0.2, 0.25) is 0 Å². The van der Waals surface area contributed by atoms with E-state index in [-0.39, 0.29) is 7.12 Å². The quantitative estimate of drug-likeness (QED) is 0.414. The van der Waals surface area contributed by atoms with Gasteiger partial charge >= 0.3 is 7.12 Å². The van der Waals surface area contributed by atoms with Gasteiger partial charge < -0.3 is 9.31 Å². The molecule has 0 aromatic rings. The molecular weight excluding hydrogens is 238 g/mol. The van der Waals surface area contributed by atoms with Gasteiger partial charge in [-0.1, -0.05) is 32.5 Å². The average molecular weight is 263 g/mol. The lowest BCUT2D eigenvalue weighted by Crippen LogP contribution is -2.45. The van der Waals surface area contributed by atoms with Crippen LogP contribution in [-0.4, -0.2) is 34.3 Å². The summed E-state index contributed by atoms with van der Waals surface area (Å²) in [5, 5.41) is 0. The van der Waals surface area contributed by atoms with Crippen LogP contribution in [-0.2, 0) is 9.31 Å². The number of alkyl halides is 1. The first kappa shape index (κ1) is 14.6. The van der Waals surface area contributed by atoms with Crippen molar-refractivity contribution in [3.8, 4) is 0 Å². The number of rotatable bonds is 6. The Bertz CT molecular complexity index is 193.